The number of aryl methyl sites for hydroxylation is 2. The second-order valence-electron chi connectivity index (χ2n) is 3.85. The molecule has 0 unspecified atom stereocenters. The van der Waals surface area contributed by atoms with E-state index in [-0.39, 0.29) is 6.01 Å². The quantitative estimate of drug-likeness (QED) is 0.883. The van der Waals surface area contributed by atoms with Crippen molar-refractivity contribution in [2.75, 3.05) is 12.8 Å². The number of nitrogen functional groups attached to an aromatic ring is 1. The van der Waals surface area contributed by atoms with Crippen molar-refractivity contribution in [1.29, 1.82) is 0 Å². The molecule has 1 heterocycles. The largest absolute Gasteiger partial charge is 0.496 e. The number of anilines is 1. The van der Waals surface area contributed by atoms with Gasteiger partial charge in [0.15, 0.2) is 0 Å². The predicted molar refractivity (Wildman–Crippen MR) is 67.0 cm³/mol. The van der Waals surface area contributed by atoms with Gasteiger partial charge in [0.05, 0.1) is 7.11 Å². The van der Waals surface area contributed by atoms with E-state index in [0.29, 0.717) is 5.76 Å². The zero-order valence-corrected chi connectivity index (χ0v) is 10.3. The molecule has 1 aromatic heterocycles. The number of nitrogens with two attached hydrogens (primary N) is 1. The molecule has 0 radical (unpaired) electrons. The van der Waals surface area contributed by atoms with Gasteiger partial charge in [0.1, 0.15) is 17.2 Å². The second-order valence-corrected chi connectivity index (χ2v) is 3.85. The average Bonchev–Trinajstić information content (AvgIpc) is 2.67. The van der Waals surface area contributed by atoms with Gasteiger partial charge in [-0.05, 0) is 31.0 Å². The first kappa shape index (κ1) is 11.5. The van der Waals surface area contributed by atoms with Gasteiger partial charge < -0.3 is 14.9 Å². The normalized spacial score (nSPS) is 10.5. The third kappa shape index (κ3) is 2.11. The van der Waals surface area contributed by atoms with Crippen molar-refractivity contribution in [2.24, 2.45) is 0 Å². The molecule has 0 spiro atoms. The van der Waals surface area contributed by atoms with Crippen LogP contribution in [0.5, 0.6) is 5.75 Å². The minimum Gasteiger partial charge on any atom is -0.496 e. The molecule has 1 aromatic carbocycles. The Hall–Kier alpha value is -1.97. The van der Waals surface area contributed by atoms with E-state index < -0.39 is 0 Å². The molecule has 0 atom stereocenters. The number of hydrogen-bond donors (Lipinski definition) is 1. The molecule has 0 amide bonds. The molecule has 0 saturated carbocycles. The van der Waals surface area contributed by atoms with Gasteiger partial charge in [-0.3, -0.25) is 0 Å². The topological polar surface area (TPSA) is 61.3 Å². The molecule has 4 heteroatoms. The van der Waals surface area contributed by atoms with E-state index in [2.05, 4.69) is 18.0 Å². The smallest absolute Gasteiger partial charge is 0.292 e. The summed E-state index contributed by atoms with van der Waals surface area (Å²) in [6.07, 6.45) is 0.962. The van der Waals surface area contributed by atoms with E-state index in [4.69, 9.17) is 14.9 Å². The molecule has 17 heavy (non-hydrogen) atoms. The third-order valence-electron chi connectivity index (χ3n) is 2.74. The first-order valence-electron chi connectivity index (χ1n) is 5.56. The molecule has 2 rings (SSSR count). The monoisotopic (exact) mass is 232 g/mol. The van der Waals surface area contributed by atoms with Gasteiger partial charge in [-0.15, -0.1) is 0 Å². The molecule has 0 saturated heterocycles. The fourth-order valence-electron chi connectivity index (χ4n) is 1.83. The fraction of sp³-hybridized carbons (Fsp3) is 0.308. The Bertz CT molecular complexity index is 532. The predicted octanol–water partition coefficient (Wildman–Crippen LogP) is 2.80. The van der Waals surface area contributed by atoms with Crippen LogP contribution in [-0.2, 0) is 6.42 Å². The van der Waals surface area contributed by atoms with Crippen LogP contribution in [0.25, 0.3) is 11.3 Å². The Balaban J connectivity index is 2.59. The molecule has 90 valence electrons. The van der Waals surface area contributed by atoms with Gasteiger partial charge in [0.2, 0.25) is 0 Å². The number of benzene rings is 1. The average molecular weight is 232 g/mol. The summed E-state index contributed by atoms with van der Waals surface area (Å²) in [5, 5.41) is 0. The van der Waals surface area contributed by atoms with Crippen molar-refractivity contribution in [3.63, 3.8) is 0 Å². The lowest BCUT2D eigenvalue weighted by molar-refractivity contribution is 0.416. The van der Waals surface area contributed by atoms with E-state index in [1.807, 2.05) is 19.1 Å². The highest BCUT2D eigenvalue weighted by molar-refractivity contribution is 5.70. The maximum absolute atomic E-state index is 5.56. The summed E-state index contributed by atoms with van der Waals surface area (Å²) < 4.78 is 10.6. The van der Waals surface area contributed by atoms with E-state index >= 15 is 0 Å². The molecular weight excluding hydrogens is 216 g/mol. The summed E-state index contributed by atoms with van der Waals surface area (Å²) in [7, 11) is 1.64. The van der Waals surface area contributed by atoms with E-state index in [1.54, 1.807) is 7.11 Å². The lowest BCUT2D eigenvalue weighted by Gasteiger charge is -2.08. The summed E-state index contributed by atoms with van der Waals surface area (Å²) in [6.45, 7) is 3.95. The lowest BCUT2D eigenvalue weighted by Crippen LogP contribution is -1.92. The van der Waals surface area contributed by atoms with Crippen LogP contribution in [0.15, 0.2) is 22.6 Å². The summed E-state index contributed by atoms with van der Waals surface area (Å²) in [6, 6.07) is 6.23. The Kier molecular flexibility index (Phi) is 3.04. The lowest BCUT2D eigenvalue weighted by atomic mass is 10.0. The number of oxazole rings is 1. The highest BCUT2D eigenvalue weighted by atomic mass is 16.5. The standard InChI is InChI=1S/C13H16N2O2/c1-4-9-5-6-11(16-3)10(7-9)12-8(2)17-13(14)15-12/h5-7H,4H2,1-3H3,(H2,14,15). The molecule has 2 aromatic rings. The zero-order chi connectivity index (χ0) is 12.4. The van der Waals surface area contributed by atoms with Gasteiger partial charge in [0.25, 0.3) is 6.01 Å². The SMILES string of the molecule is CCc1ccc(OC)c(-c2nc(N)oc2C)c1. The number of ether oxygens (including phenoxy) is 1. The molecule has 2 N–H and O–H groups in total. The van der Waals surface area contributed by atoms with Crippen molar-refractivity contribution in [3.05, 3.63) is 29.5 Å². The Labute approximate surface area is 100 Å². The first-order valence-corrected chi connectivity index (χ1v) is 5.56. The van der Waals surface area contributed by atoms with E-state index in [0.717, 1.165) is 23.4 Å². The van der Waals surface area contributed by atoms with Crippen molar-refractivity contribution in [3.8, 4) is 17.0 Å². The van der Waals surface area contributed by atoms with Crippen molar-refractivity contribution >= 4 is 6.01 Å². The molecule has 4 nitrogen and oxygen atoms in total. The Morgan fingerprint density at radius 3 is 2.71 bits per heavy atom. The third-order valence-corrected chi connectivity index (χ3v) is 2.74. The van der Waals surface area contributed by atoms with Crippen LogP contribution in [0.1, 0.15) is 18.2 Å². The summed E-state index contributed by atoms with van der Waals surface area (Å²) >= 11 is 0. The van der Waals surface area contributed by atoms with Crippen molar-refractivity contribution in [1.82, 2.24) is 4.98 Å². The van der Waals surface area contributed by atoms with Crippen LogP contribution in [0.4, 0.5) is 6.01 Å². The summed E-state index contributed by atoms with van der Waals surface area (Å²) in [4.78, 5) is 4.20. The molecule has 0 fully saturated rings. The number of nitrogens with zero attached hydrogens (tertiary/aromatic N) is 1. The zero-order valence-electron chi connectivity index (χ0n) is 10.3. The molecule has 0 bridgehead atoms. The Morgan fingerprint density at radius 1 is 1.41 bits per heavy atom. The fourth-order valence-corrected chi connectivity index (χ4v) is 1.83. The van der Waals surface area contributed by atoms with Crippen molar-refractivity contribution in [2.45, 2.75) is 20.3 Å². The molecular formula is C13H16N2O2. The van der Waals surface area contributed by atoms with Crippen LogP contribution in [0, 0.1) is 6.92 Å². The number of methoxy groups -OCH3 is 1. The molecule has 0 aliphatic rings. The van der Waals surface area contributed by atoms with E-state index in [1.165, 1.54) is 5.56 Å². The highest BCUT2D eigenvalue weighted by Crippen LogP contribution is 2.33. The minimum absolute atomic E-state index is 0.182. The van der Waals surface area contributed by atoms with Gasteiger partial charge in [-0.2, -0.15) is 4.98 Å². The highest BCUT2D eigenvalue weighted by Gasteiger charge is 2.14. The van der Waals surface area contributed by atoms with Gasteiger partial charge in [0, 0.05) is 5.56 Å². The molecule has 0 aliphatic heterocycles. The number of aromatic nitrogens is 1. The maximum Gasteiger partial charge on any atom is 0.292 e. The van der Waals surface area contributed by atoms with Crippen LogP contribution in [-0.4, -0.2) is 12.1 Å². The van der Waals surface area contributed by atoms with Gasteiger partial charge >= 0.3 is 0 Å². The number of hydrogen-bond acceptors (Lipinski definition) is 4. The van der Waals surface area contributed by atoms with Crippen LogP contribution in [0.2, 0.25) is 0 Å². The Morgan fingerprint density at radius 2 is 2.18 bits per heavy atom. The van der Waals surface area contributed by atoms with E-state index in [9.17, 15) is 0 Å². The summed E-state index contributed by atoms with van der Waals surface area (Å²) in [5.74, 6) is 1.48. The van der Waals surface area contributed by atoms with Crippen LogP contribution < -0.4 is 10.5 Å². The number of rotatable bonds is 3. The van der Waals surface area contributed by atoms with Crippen LogP contribution in [0.3, 0.4) is 0 Å². The van der Waals surface area contributed by atoms with Crippen LogP contribution >= 0.6 is 0 Å². The van der Waals surface area contributed by atoms with Gasteiger partial charge in [-0.25, -0.2) is 0 Å². The van der Waals surface area contributed by atoms with Crippen molar-refractivity contribution < 1.29 is 9.15 Å². The second kappa shape index (κ2) is 4.49. The maximum atomic E-state index is 5.56. The van der Waals surface area contributed by atoms with Gasteiger partial charge in [-0.1, -0.05) is 13.0 Å². The first-order chi connectivity index (χ1) is 8.15. The minimum atomic E-state index is 0.182. The summed E-state index contributed by atoms with van der Waals surface area (Å²) in [5.41, 5.74) is 8.45. The molecule has 0 aliphatic carbocycles.